The molecule has 0 aliphatic carbocycles. The first-order valence-electron chi connectivity index (χ1n) is 4.42. The maximum Gasteiger partial charge on any atom is 0.356 e. The fourth-order valence-electron chi connectivity index (χ4n) is 0.853. The van der Waals surface area contributed by atoms with E-state index in [-0.39, 0.29) is 5.69 Å². The Morgan fingerprint density at radius 1 is 1.53 bits per heavy atom. The van der Waals surface area contributed by atoms with Gasteiger partial charge in [-0.15, -0.1) is 11.8 Å². The van der Waals surface area contributed by atoms with E-state index in [1.54, 1.807) is 6.20 Å². The SMILES string of the molecule is CN(C)CCSc1cncc(C(=O)O)n1. The van der Waals surface area contributed by atoms with Crippen LogP contribution in [0.15, 0.2) is 17.4 Å². The summed E-state index contributed by atoms with van der Waals surface area (Å²) < 4.78 is 0. The maximum atomic E-state index is 10.6. The molecule has 1 N–H and O–H groups in total. The number of hydrogen-bond acceptors (Lipinski definition) is 5. The number of carboxylic acids is 1. The molecule has 5 nitrogen and oxygen atoms in total. The van der Waals surface area contributed by atoms with Crippen molar-refractivity contribution in [2.24, 2.45) is 0 Å². The minimum absolute atomic E-state index is 0.00940. The van der Waals surface area contributed by atoms with Crippen LogP contribution in [0.4, 0.5) is 0 Å². The lowest BCUT2D eigenvalue weighted by molar-refractivity contribution is 0.0689. The molecule has 0 aliphatic rings. The summed E-state index contributed by atoms with van der Waals surface area (Å²) in [6, 6.07) is 0. The van der Waals surface area contributed by atoms with Gasteiger partial charge in [-0.1, -0.05) is 0 Å². The first kappa shape index (κ1) is 11.9. The Hall–Kier alpha value is -1.14. The van der Waals surface area contributed by atoms with Crippen molar-refractivity contribution in [3.05, 3.63) is 18.1 Å². The topological polar surface area (TPSA) is 66.3 Å². The molecule has 1 aromatic heterocycles. The van der Waals surface area contributed by atoms with Crippen molar-refractivity contribution in [3.8, 4) is 0 Å². The number of thioether (sulfide) groups is 1. The fourth-order valence-corrected chi connectivity index (χ4v) is 1.82. The number of aromatic nitrogens is 2. The van der Waals surface area contributed by atoms with Gasteiger partial charge in [0, 0.05) is 12.3 Å². The second-order valence-electron chi connectivity index (χ2n) is 3.20. The highest BCUT2D eigenvalue weighted by Gasteiger charge is 2.06. The zero-order valence-electron chi connectivity index (χ0n) is 8.67. The van der Waals surface area contributed by atoms with Crippen molar-refractivity contribution in [3.63, 3.8) is 0 Å². The van der Waals surface area contributed by atoms with Crippen LogP contribution in [0.5, 0.6) is 0 Å². The molecule has 0 amide bonds. The van der Waals surface area contributed by atoms with Crippen molar-refractivity contribution in [2.75, 3.05) is 26.4 Å². The third-order valence-corrected chi connectivity index (χ3v) is 2.50. The summed E-state index contributed by atoms with van der Waals surface area (Å²) in [6.45, 7) is 0.920. The Bertz CT molecular complexity index is 344. The van der Waals surface area contributed by atoms with Crippen LogP contribution in [-0.2, 0) is 0 Å². The molecule has 0 spiro atoms. The average Bonchev–Trinajstić information content (AvgIpc) is 2.17. The standard InChI is InChI=1S/C9H13N3O2S/c1-12(2)3-4-15-8-6-10-5-7(11-8)9(13)14/h5-6H,3-4H2,1-2H3,(H,13,14). The van der Waals surface area contributed by atoms with Gasteiger partial charge in [0.2, 0.25) is 0 Å². The van der Waals surface area contributed by atoms with Gasteiger partial charge in [0.25, 0.3) is 0 Å². The Morgan fingerprint density at radius 3 is 2.87 bits per heavy atom. The second kappa shape index (κ2) is 5.67. The van der Waals surface area contributed by atoms with Gasteiger partial charge in [0.05, 0.1) is 12.4 Å². The Labute approximate surface area is 92.5 Å². The van der Waals surface area contributed by atoms with Crippen LogP contribution in [0.25, 0.3) is 0 Å². The van der Waals surface area contributed by atoms with Crippen molar-refractivity contribution >= 4 is 17.7 Å². The molecule has 0 atom stereocenters. The zero-order valence-corrected chi connectivity index (χ0v) is 9.49. The maximum absolute atomic E-state index is 10.6. The number of rotatable bonds is 5. The molecule has 1 rings (SSSR count). The largest absolute Gasteiger partial charge is 0.476 e. The van der Waals surface area contributed by atoms with E-state index < -0.39 is 5.97 Å². The molecule has 1 heterocycles. The molecule has 0 fully saturated rings. The number of hydrogen-bond donors (Lipinski definition) is 1. The van der Waals surface area contributed by atoms with Crippen LogP contribution in [0, 0.1) is 0 Å². The van der Waals surface area contributed by atoms with Crippen LogP contribution < -0.4 is 0 Å². The molecule has 6 heteroatoms. The molecule has 0 saturated carbocycles. The first-order chi connectivity index (χ1) is 7.09. The van der Waals surface area contributed by atoms with E-state index in [0.717, 1.165) is 12.3 Å². The summed E-state index contributed by atoms with van der Waals surface area (Å²) in [4.78, 5) is 20.4. The van der Waals surface area contributed by atoms with Crippen LogP contribution >= 0.6 is 11.8 Å². The summed E-state index contributed by atoms with van der Waals surface area (Å²) in [6.07, 6.45) is 2.82. The normalized spacial score (nSPS) is 10.6. The van der Waals surface area contributed by atoms with Gasteiger partial charge >= 0.3 is 5.97 Å². The zero-order chi connectivity index (χ0) is 11.3. The predicted molar refractivity (Wildman–Crippen MR) is 58.3 cm³/mol. The lowest BCUT2D eigenvalue weighted by Crippen LogP contribution is -2.14. The lowest BCUT2D eigenvalue weighted by Gasteiger charge is -2.07. The van der Waals surface area contributed by atoms with Crippen molar-refractivity contribution in [1.82, 2.24) is 14.9 Å². The second-order valence-corrected chi connectivity index (χ2v) is 4.31. The van der Waals surface area contributed by atoms with E-state index in [1.807, 2.05) is 14.1 Å². The van der Waals surface area contributed by atoms with Gasteiger partial charge in [-0.05, 0) is 14.1 Å². The number of aromatic carboxylic acids is 1. The summed E-state index contributed by atoms with van der Waals surface area (Å²) >= 11 is 1.50. The molecule has 1 aromatic rings. The van der Waals surface area contributed by atoms with Gasteiger partial charge in [-0.2, -0.15) is 0 Å². The van der Waals surface area contributed by atoms with Gasteiger partial charge in [0.1, 0.15) is 5.03 Å². The highest BCUT2D eigenvalue weighted by atomic mass is 32.2. The third kappa shape index (κ3) is 4.26. The molecule has 82 valence electrons. The van der Waals surface area contributed by atoms with Crippen LogP contribution in [0.1, 0.15) is 10.5 Å². The van der Waals surface area contributed by atoms with Crippen molar-refractivity contribution in [1.29, 1.82) is 0 Å². The summed E-state index contributed by atoms with van der Waals surface area (Å²) in [7, 11) is 3.97. The smallest absolute Gasteiger partial charge is 0.356 e. The molecule has 15 heavy (non-hydrogen) atoms. The molecule has 0 bridgehead atoms. The highest BCUT2D eigenvalue weighted by molar-refractivity contribution is 7.99. The fraction of sp³-hybridized carbons (Fsp3) is 0.444. The van der Waals surface area contributed by atoms with E-state index in [1.165, 1.54) is 18.0 Å². The quantitative estimate of drug-likeness (QED) is 0.751. The average molecular weight is 227 g/mol. The van der Waals surface area contributed by atoms with Gasteiger partial charge in [0.15, 0.2) is 5.69 Å². The minimum Gasteiger partial charge on any atom is -0.476 e. The summed E-state index contributed by atoms with van der Waals surface area (Å²) in [5.74, 6) is -0.178. The van der Waals surface area contributed by atoms with E-state index in [4.69, 9.17) is 5.11 Å². The van der Waals surface area contributed by atoms with E-state index in [0.29, 0.717) is 5.03 Å². The molecular weight excluding hydrogens is 214 g/mol. The van der Waals surface area contributed by atoms with Crippen LogP contribution in [-0.4, -0.2) is 52.3 Å². The van der Waals surface area contributed by atoms with Crippen molar-refractivity contribution in [2.45, 2.75) is 5.03 Å². The molecule has 0 unspecified atom stereocenters. The lowest BCUT2D eigenvalue weighted by atomic mass is 10.5. The molecule has 0 aromatic carbocycles. The van der Waals surface area contributed by atoms with Crippen LogP contribution in [0.2, 0.25) is 0 Å². The first-order valence-corrected chi connectivity index (χ1v) is 5.41. The summed E-state index contributed by atoms with van der Waals surface area (Å²) in [5, 5.41) is 9.35. The number of nitrogens with zero attached hydrogens (tertiary/aromatic N) is 3. The van der Waals surface area contributed by atoms with Gasteiger partial charge < -0.3 is 10.0 Å². The Kier molecular flexibility index (Phi) is 4.51. The molecule has 0 saturated heterocycles. The van der Waals surface area contributed by atoms with Crippen LogP contribution in [0.3, 0.4) is 0 Å². The molecule has 0 radical (unpaired) electrons. The molecule has 0 aliphatic heterocycles. The number of carbonyl (C=O) groups is 1. The number of carboxylic acid groups (broad SMARTS) is 1. The highest BCUT2D eigenvalue weighted by Crippen LogP contribution is 2.13. The van der Waals surface area contributed by atoms with Gasteiger partial charge in [-0.25, -0.2) is 9.78 Å². The Morgan fingerprint density at radius 2 is 2.27 bits per heavy atom. The van der Waals surface area contributed by atoms with Gasteiger partial charge in [-0.3, -0.25) is 4.98 Å². The predicted octanol–water partition coefficient (Wildman–Crippen LogP) is 0.829. The monoisotopic (exact) mass is 227 g/mol. The summed E-state index contributed by atoms with van der Waals surface area (Å²) in [5.41, 5.74) is -0.00940. The van der Waals surface area contributed by atoms with E-state index >= 15 is 0 Å². The molecular formula is C9H13N3O2S. The minimum atomic E-state index is -1.04. The van der Waals surface area contributed by atoms with Crippen molar-refractivity contribution < 1.29 is 9.90 Å². The van der Waals surface area contributed by atoms with E-state index in [2.05, 4.69) is 14.9 Å². The van der Waals surface area contributed by atoms with E-state index in [9.17, 15) is 4.79 Å². The Balaban J connectivity index is 2.54. The third-order valence-electron chi connectivity index (χ3n) is 1.62.